The van der Waals surface area contributed by atoms with Crippen LogP contribution in [-0.2, 0) is 21.3 Å². The summed E-state index contributed by atoms with van der Waals surface area (Å²) in [5, 5.41) is 6.50. The summed E-state index contributed by atoms with van der Waals surface area (Å²) in [4.78, 5) is 4.94. The fourth-order valence-electron chi connectivity index (χ4n) is 3.06. The number of hydrogen-bond acceptors (Lipinski definition) is 4. The second kappa shape index (κ2) is 12.0. The maximum Gasteiger partial charge on any atom is 0.243 e. The van der Waals surface area contributed by atoms with Gasteiger partial charge in [0.25, 0.3) is 0 Å². The Labute approximate surface area is 169 Å². The molecule has 28 heavy (non-hydrogen) atoms. The van der Waals surface area contributed by atoms with Crippen molar-refractivity contribution in [3.8, 4) is 0 Å². The van der Waals surface area contributed by atoms with Crippen LogP contribution in [0.2, 0.25) is 0 Å². The van der Waals surface area contributed by atoms with E-state index in [4.69, 9.17) is 4.74 Å². The molecule has 0 spiro atoms. The molecule has 0 aliphatic carbocycles. The smallest absolute Gasteiger partial charge is 0.243 e. The third-order valence-corrected chi connectivity index (χ3v) is 6.52. The van der Waals surface area contributed by atoms with Gasteiger partial charge in [-0.25, -0.2) is 13.4 Å². The highest BCUT2D eigenvalue weighted by molar-refractivity contribution is 7.89. The van der Waals surface area contributed by atoms with Crippen LogP contribution in [0.3, 0.4) is 0 Å². The van der Waals surface area contributed by atoms with Crippen molar-refractivity contribution >= 4 is 16.0 Å². The molecule has 1 aromatic rings. The predicted octanol–water partition coefficient (Wildman–Crippen LogP) is 2.34. The lowest BCUT2D eigenvalue weighted by Crippen LogP contribution is -2.38. The first-order chi connectivity index (χ1) is 13.6. The normalized spacial score (nSPS) is 16.1. The Balaban J connectivity index is 1.93. The molecule has 0 unspecified atom stereocenters. The average molecular weight is 411 g/mol. The van der Waals surface area contributed by atoms with Gasteiger partial charge >= 0.3 is 0 Å². The number of rotatable bonds is 10. The second-order valence-corrected chi connectivity index (χ2v) is 8.72. The summed E-state index contributed by atoms with van der Waals surface area (Å²) in [5.41, 5.74) is 0.976. The minimum absolute atomic E-state index is 0.364. The van der Waals surface area contributed by atoms with Crippen LogP contribution in [0.25, 0.3) is 0 Å². The van der Waals surface area contributed by atoms with Gasteiger partial charge in [0.2, 0.25) is 10.0 Å². The molecule has 2 N–H and O–H groups in total. The lowest BCUT2D eigenvalue weighted by Gasteiger charge is -2.25. The minimum atomic E-state index is -3.38. The van der Waals surface area contributed by atoms with Crippen molar-refractivity contribution in [3.63, 3.8) is 0 Å². The van der Waals surface area contributed by atoms with Gasteiger partial charge in [-0.1, -0.05) is 18.6 Å². The van der Waals surface area contributed by atoms with Gasteiger partial charge in [-0.05, 0) is 50.8 Å². The van der Waals surface area contributed by atoms with Crippen LogP contribution >= 0.6 is 0 Å². The summed E-state index contributed by atoms with van der Waals surface area (Å²) in [5.74, 6) is 0.754. The predicted molar refractivity (Wildman–Crippen MR) is 113 cm³/mol. The number of sulfonamides is 1. The molecular weight excluding hydrogens is 376 g/mol. The van der Waals surface area contributed by atoms with E-state index < -0.39 is 10.0 Å². The van der Waals surface area contributed by atoms with E-state index in [2.05, 4.69) is 15.6 Å². The van der Waals surface area contributed by atoms with Crippen LogP contribution in [0.4, 0.5) is 0 Å². The van der Waals surface area contributed by atoms with Crippen molar-refractivity contribution in [2.24, 2.45) is 4.99 Å². The fraction of sp³-hybridized carbons (Fsp3) is 0.650. The van der Waals surface area contributed by atoms with E-state index in [-0.39, 0.29) is 0 Å². The topological polar surface area (TPSA) is 83.0 Å². The average Bonchev–Trinajstić information content (AvgIpc) is 2.72. The van der Waals surface area contributed by atoms with Crippen LogP contribution in [0.15, 0.2) is 34.2 Å². The van der Waals surface area contributed by atoms with Gasteiger partial charge in [-0.15, -0.1) is 0 Å². The van der Waals surface area contributed by atoms with E-state index in [9.17, 15) is 8.42 Å². The number of piperidine rings is 1. The largest absolute Gasteiger partial charge is 0.382 e. The maximum absolute atomic E-state index is 12.7. The zero-order valence-electron chi connectivity index (χ0n) is 17.1. The molecule has 1 heterocycles. The van der Waals surface area contributed by atoms with Gasteiger partial charge in [-0.3, -0.25) is 0 Å². The highest BCUT2D eigenvalue weighted by Gasteiger charge is 2.25. The highest BCUT2D eigenvalue weighted by atomic mass is 32.2. The van der Waals surface area contributed by atoms with Crippen LogP contribution < -0.4 is 10.6 Å². The third-order valence-electron chi connectivity index (χ3n) is 4.60. The number of guanidine groups is 1. The second-order valence-electron chi connectivity index (χ2n) is 6.78. The van der Waals surface area contributed by atoms with E-state index in [0.29, 0.717) is 24.5 Å². The lowest BCUT2D eigenvalue weighted by atomic mass is 10.2. The molecule has 1 saturated heterocycles. The molecule has 1 aliphatic rings. The molecular formula is C20H34N4O3S. The summed E-state index contributed by atoms with van der Waals surface area (Å²) < 4.78 is 32.4. The number of benzene rings is 1. The molecule has 0 saturated carbocycles. The Hall–Kier alpha value is -1.64. The van der Waals surface area contributed by atoms with E-state index in [1.54, 1.807) is 16.4 Å². The van der Waals surface area contributed by atoms with Gasteiger partial charge in [-0.2, -0.15) is 4.31 Å². The summed E-state index contributed by atoms with van der Waals surface area (Å²) in [7, 11) is -3.38. The molecule has 1 aromatic carbocycles. The highest BCUT2D eigenvalue weighted by Crippen LogP contribution is 2.21. The van der Waals surface area contributed by atoms with Crippen molar-refractivity contribution < 1.29 is 13.2 Å². The SMILES string of the molecule is CCNC(=NCc1ccc(S(=O)(=O)N2CCCCC2)cc1)NCCCOCC. The van der Waals surface area contributed by atoms with Gasteiger partial charge in [0.15, 0.2) is 5.96 Å². The van der Waals surface area contributed by atoms with Crippen molar-refractivity contribution in [2.45, 2.75) is 51.0 Å². The third kappa shape index (κ3) is 7.07. The monoisotopic (exact) mass is 410 g/mol. The molecule has 158 valence electrons. The molecule has 0 radical (unpaired) electrons. The standard InChI is InChI=1S/C20H34N4O3S/c1-3-21-20(22-13-8-16-27-4-2)23-17-18-9-11-19(12-10-18)28(25,26)24-14-6-5-7-15-24/h9-12H,3-8,13-17H2,1-2H3,(H2,21,22,23). The minimum Gasteiger partial charge on any atom is -0.382 e. The Kier molecular flexibility index (Phi) is 9.73. The first kappa shape index (κ1) is 22.6. The van der Waals surface area contributed by atoms with Crippen molar-refractivity contribution in [2.75, 3.05) is 39.4 Å². The molecule has 7 nitrogen and oxygen atoms in total. The molecule has 8 heteroatoms. The zero-order valence-corrected chi connectivity index (χ0v) is 17.9. The van der Waals surface area contributed by atoms with Crippen LogP contribution in [0.1, 0.15) is 45.1 Å². The van der Waals surface area contributed by atoms with Crippen LogP contribution in [-0.4, -0.2) is 58.1 Å². The Morgan fingerprint density at radius 1 is 1.11 bits per heavy atom. The van der Waals surface area contributed by atoms with Gasteiger partial charge in [0.1, 0.15) is 0 Å². The molecule has 0 atom stereocenters. The van der Waals surface area contributed by atoms with E-state index in [1.807, 2.05) is 26.0 Å². The molecule has 1 aliphatic heterocycles. The molecule has 0 aromatic heterocycles. The number of nitrogens with one attached hydrogen (secondary N) is 2. The summed E-state index contributed by atoms with van der Waals surface area (Å²) >= 11 is 0. The summed E-state index contributed by atoms with van der Waals surface area (Å²) in [6, 6.07) is 7.08. The number of aliphatic imine (C=N–C) groups is 1. The number of hydrogen-bond donors (Lipinski definition) is 2. The molecule has 0 bridgehead atoms. The van der Waals surface area contributed by atoms with Crippen molar-refractivity contribution in [3.05, 3.63) is 29.8 Å². The summed E-state index contributed by atoms with van der Waals surface area (Å²) in [6.45, 7) is 8.78. The van der Waals surface area contributed by atoms with Crippen LogP contribution in [0.5, 0.6) is 0 Å². The first-order valence-corrected chi connectivity index (χ1v) is 11.7. The first-order valence-electron chi connectivity index (χ1n) is 10.3. The van der Waals surface area contributed by atoms with Gasteiger partial charge in [0, 0.05) is 39.4 Å². The van der Waals surface area contributed by atoms with Crippen LogP contribution in [0, 0.1) is 0 Å². The molecule has 1 fully saturated rings. The molecule has 2 rings (SSSR count). The van der Waals surface area contributed by atoms with Crippen molar-refractivity contribution in [1.82, 2.24) is 14.9 Å². The Morgan fingerprint density at radius 3 is 2.46 bits per heavy atom. The Morgan fingerprint density at radius 2 is 1.82 bits per heavy atom. The number of nitrogens with zero attached hydrogens (tertiary/aromatic N) is 2. The lowest BCUT2D eigenvalue weighted by molar-refractivity contribution is 0.145. The van der Waals surface area contributed by atoms with E-state index >= 15 is 0 Å². The number of ether oxygens (including phenoxy) is 1. The van der Waals surface area contributed by atoms with Gasteiger partial charge < -0.3 is 15.4 Å². The summed E-state index contributed by atoms with van der Waals surface area (Å²) in [6.07, 6.45) is 3.91. The van der Waals surface area contributed by atoms with E-state index in [1.165, 1.54) is 0 Å². The quantitative estimate of drug-likeness (QED) is 0.351. The van der Waals surface area contributed by atoms with E-state index in [0.717, 1.165) is 63.5 Å². The fourth-order valence-corrected chi connectivity index (χ4v) is 4.58. The van der Waals surface area contributed by atoms with Gasteiger partial charge in [0.05, 0.1) is 11.4 Å². The Bertz CT molecular complexity index is 699. The maximum atomic E-state index is 12.7. The molecule has 0 amide bonds. The zero-order chi connectivity index (χ0) is 20.2. The van der Waals surface area contributed by atoms with Crippen molar-refractivity contribution in [1.29, 1.82) is 0 Å².